The quantitative estimate of drug-likeness (QED) is 0.643. The predicted molar refractivity (Wildman–Crippen MR) is 106 cm³/mol. The molecule has 0 saturated carbocycles. The van der Waals surface area contributed by atoms with Gasteiger partial charge >= 0.3 is 0 Å². The molecule has 0 aliphatic carbocycles. The van der Waals surface area contributed by atoms with Crippen molar-refractivity contribution in [3.63, 3.8) is 0 Å². The third-order valence-corrected chi connectivity index (χ3v) is 4.97. The second-order valence-electron chi connectivity index (χ2n) is 6.31. The van der Waals surface area contributed by atoms with Crippen LogP contribution in [-0.4, -0.2) is 26.7 Å². The molecule has 128 valence electrons. The molecule has 1 unspecified atom stereocenters. The standard InChI is InChI=1S/C23H26N2/c1-24-18-22(25-2)23(19-12-6-3-7-13-19,20-14-8-4-9-15-20)21-16-10-5-11-17-21/h3-17,22,24-25H,18H2,1-2H3. The highest BCUT2D eigenvalue weighted by molar-refractivity contribution is 5.52. The van der Waals surface area contributed by atoms with Crippen molar-refractivity contribution >= 4 is 0 Å². The first-order chi connectivity index (χ1) is 12.3. The van der Waals surface area contributed by atoms with Crippen LogP contribution in [0.4, 0.5) is 0 Å². The molecular formula is C23H26N2. The highest BCUT2D eigenvalue weighted by Crippen LogP contribution is 2.42. The molecule has 2 N–H and O–H groups in total. The largest absolute Gasteiger partial charge is 0.318 e. The van der Waals surface area contributed by atoms with E-state index in [1.165, 1.54) is 16.7 Å². The van der Waals surface area contributed by atoms with Gasteiger partial charge in [-0.05, 0) is 30.8 Å². The van der Waals surface area contributed by atoms with Crippen LogP contribution >= 0.6 is 0 Å². The monoisotopic (exact) mass is 330 g/mol. The van der Waals surface area contributed by atoms with Gasteiger partial charge in [0.25, 0.3) is 0 Å². The third-order valence-electron chi connectivity index (χ3n) is 4.97. The fourth-order valence-corrected chi connectivity index (χ4v) is 3.88. The normalized spacial score (nSPS) is 12.7. The van der Waals surface area contributed by atoms with Gasteiger partial charge in [-0.3, -0.25) is 0 Å². The van der Waals surface area contributed by atoms with Crippen LogP contribution in [0, 0.1) is 0 Å². The molecule has 0 aromatic heterocycles. The van der Waals surface area contributed by atoms with Gasteiger partial charge in [-0.1, -0.05) is 91.0 Å². The topological polar surface area (TPSA) is 24.1 Å². The first-order valence-electron chi connectivity index (χ1n) is 8.82. The number of nitrogens with one attached hydrogen (secondary N) is 2. The van der Waals surface area contributed by atoms with Gasteiger partial charge in [0.2, 0.25) is 0 Å². The lowest BCUT2D eigenvalue weighted by Crippen LogP contribution is -2.53. The number of rotatable bonds is 7. The van der Waals surface area contributed by atoms with E-state index in [0.717, 1.165) is 6.54 Å². The predicted octanol–water partition coefficient (Wildman–Crippen LogP) is 3.83. The summed E-state index contributed by atoms with van der Waals surface area (Å²) in [6.45, 7) is 0.856. The molecule has 0 saturated heterocycles. The van der Waals surface area contributed by atoms with E-state index in [0.29, 0.717) is 0 Å². The molecule has 2 heteroatoms. The van der Waals surface area contributed by atoms with Crippen LogP contribution in [0.5, 0.6) is 0 Å². The van der Waals surface area contributed by atoms with E-state index < -0.39 is 0 Å². The van der Waals surface area contributed by atoms with Crippen LogP contribution in [0.15, 0.2) is 91.0 Å². The first-order valence-corrected chi connectivity index (χ1v) is 8.82. The van der Waals surface area contributed by atoms with Crippen molar-refractivity contribution in [1.29, 1.82) is 0 Å². The summed E-state index contributed by atoms with van der Waals surface area (Å²) in [6.07, 6.45) is 0. The van der Waals surface area contributed by atoms with Crippen molar-refractivity contribution in [1.82, 2.24) is 10.6 Å². The SMILES string of the molecule is CNCC(NC)C(c1ccccc1)(c1ccccc1)c1ccccc1. The van der Waals surface area contributed by atoms with Gasteiger partial charge in [0.15, 0.2) is 0 Å². The molecule has 0 bridgehead atoms. The van der Waals surface area contributed by atoms with Crippen LogP contribution in [0.2, 0.25) is 0 Å². The Morgan fingerprint density at radius 1 is 0.640 bits per heavy atom. The summed E-state index contributed by atoms with van der Waals surface area (Å²) in [5.41, 5.74) is 3.60. The molecule has 1 atom stereocenters. The zero-order valence-electron chi connectivity index (χ0n) is 14.9. The highest BCUT2D eigenvalue weighted by Gasteiger charge is 2.42. The van der Waals surface area contributed by atoms with Crippen LogP contribution < -0.4 is 10.6 Å². The van der Waals surface area contributed by atoms with Gasteiger partial charge in [0, 0.05) is 12.6 Å². The minimum Gasteiger partial charge on any atom is -0.318 e. The highest BCUT2D eigenvalue weighted by atomic mass is 15.0. The average molecular weight is 330 g/mol. The first kappa shape index (κ1) is 17.4. The van der Waals surface area contributed by atoms with Crippen molar-refractivity contribution < 1.29 is 0 Å². The van der Waals surface area contributed by atoms with E-state index in [4.69, 9.17) is 0 Å². The van der Waals surface area contributed by atoms with Gasteiger partial charge in [0.1, 0.15) is 0 Å². The van der Waals surface area contributed by atoms with E-state index in [9.17, 15) is 0 Å². The van der Waals surface area contributed by atoms with Gasteiger partial charge in [-0.25, -0.2) is 0 Å². The fraction of sp³-hybridized carbons (Fsp3) is 0.217. The van der Waals surface area contributed by atoms with E-state index in [1.54, 1.807) is 0 Å². The molecule has 3 aromatic rings. The molecule has 0 amide bonds. The fourth-order valence-electron chi connectivity index (χ4n) is 3.88. The number of likely N-dealkylation sites (N-methyl/N-ethyl adjacent to an activating group) is 2. The Kier molecular flexibility index (Phi) is 5.64. The second-order valence-corrected chi connectivity index (χ2v) is 6.31. The van der Waals surface area contributed by atoms with Crippen molar-refractivity contribution in [3.8, 4) is 0 Å². The lowest BCUT2D eigenvalue weighted by Gasteiger charge is -2.42. The molecule has 3 aromatic carbocycles. The maximum absolute atomic E-state index is 3.58. The summed E-state index contributed by atoms with van der Waals surface area (Å²) >= 11 is 0. The van der Waals surface area contributed by atoms with Gasteiger partial charge in [-0.15, -0.1) is 0 Å². The summed E-state index contributed by atoms with van der Waals surface area (Å²) in [7, 11) is 4.06. The van der Waals surface area contributed by atoms with E-state index in [-0.39, 0.29) is 11.5 Å². The van der Waals surface area contributed by atoms with Gasteiger partial charge in [-0.2, -0.15) is 0 Å². The summed E-state index contributed by atoms with van der Waals surface area (Å²) in [6, 6.07) is 32.6. The summed E-state index contributed by atoms with van der Waals surface area (Å²) < 4.78 is 0. The van der Waals surface area contributed by atoms with Crippen molar-refractivity contribution in [2.45, 2.75) is 11.5 Å². The number of benzene rings is 3. The summed E-state index contributed by atoms with van der Waals surface area (Å²) in [5.74, 6) is 0. The molecule has 0 fully saturated rings. The van der Waals surface area contributed by atoms with Gasteiger partial charge in [0.05, 0.1) is 5.41 Å². The molecule has 0 radical (unpaired) electrons. The molecule has 0 heterocycles. The maximum Gasteiger partial charge on any atom is 0.0616 e. The van der Waals surface area contributed by atoms with E-state index in [1.807, 2.05) is 14.1 Å². The zero-order valence-corrected chi connectivity index (χ0v) is 14.9. The van der Waals surface area contributed by atoms with Crippen LogP contribution in [-0.2, 0) is 5.41 Å². The van der Waals surface area contributed by atoms with Gasteiger partial charge < -0.3 is 10.6 Å². The molecule has 0 aliphatic heterocycles. The van der Waals surface area contributed by atoms with Crippen molar-refractivity contribution in [2.24, 2.45) is 0 Å². The Morgan fingerprint density at radius 3 is 1.28 bits per heavy atom. The Bertz CT molecular complexity index is 657. The Labute approximate surface area is 150 Å². The lowest BCUT2D eigenvalue weighted by atomic mass is 9.64. The Balaban J connectivity index is 2.35. The minimum atomic E-state index is -0.276. The minimum absolute atomic E-state index is 0.199. The summed E-state index contributed by atoms with van der Waals surface area (Å²) in [4.78, 5) is 0. The molecule has 3 rings (SSSR count). The van der Waals surface area contributed by atoms with E-state index in [2.05, 4.69) is 102 Å². The molecule has 0 spiro atoms. The molecular weight excluding hydrogens is 304 g/mol. The molecule has 25 heavy (non-hydrogen) atoms. The molecule has 0 aliphatic rings. The van der Waals surface area contributed by atoms with Crippen LogP contribution in [0.25, 0.3) is 0 Å². The van der Waals surface area contributed by atoms with Crippen LogP contribution in [0.3, 0.4) is 0 Å². The zero-order chi connectivity index (χ0) is 17.5. The number of hydrogen-bond acceptors (Lipinski definition) is 2. The Morgan fingerprint density at radius 2 is 1.00 bits per heavy atom. The average Bonchev–Trinajstić information content (AvgIpc) is 2.70. The smallest absolute Gasteiger partial charge is 0.0616 e. The third kappa shape index (κ3) is 3.23. The molecule has 2 nitrogen and oxygen atoms in total. The lowest BCUT2D eigenvalue weighted by molar-refractivity contribution is 0.400. The van der Waals surface area contributed by atoms with Crippen LogP contribution in [0.1, 0.15) is 16.7 Å². The van der Waals surface area contributed by atoms with E-state index >= 15 is 0 Å². The summed E-state index contributed by atoms with van der Waals surface area (Å²) in [5, 5.41) is 6.95. The maximum atomic E-state index is 3.58. The van der Waals surface area contributed by atoms with Crippen molar-refractivity contribution in [2.75, 3.05) is 20.6 Å². The van der Waals surface area contributed by atoms with Crippen molar-refractivity contribution in [3.05, 3.63) is 108 Å². The Hall–Kier alpha value is -2.42. The number of hydrogen-bond donors (Lipinski definition) is 2. The second kappa shape index (κ2) is 8.11.